The van der Waals surface area contributed by atoms with Crippen LogP contribution in [-0.4, -0.2) is 51.6 Å². The van der Waals surface area contributed by atoms with Gasteiger partial charge < -0.3 is 9.47 Å². The molecule has 30 heavy (non-hydrogen) atoms. The molecule has 0 spiro atoms. The summed E-state index contributed by atoms with van der Waals surface area (Å²) in [5, 5.41) is 11.1. The topological polar surface area (TPSA) is 142 Å². The highest BCUT2D eigenvalue weighted by Gasteiger charge is 2.22. The lowest BCUT2D eigenvalue weighted by Gasteiger charge is -2.08. The highest BCUT2D eigenvalue weighted by Crippen LogP contribution is 2.29. The van der Waals surface area contributed by atoms with Gasteiger partial charge in [0.2, 0.25) is 10.0 Å². The number of thioether (sulfide) groups is 1. The van der Waals surface area contributed by atoms with E-state index in [1.807, 2.05) is 4.72 Å². The predicted molar refractivity (Wildman–Crippen MR) is 108 cm³/mol. The highest BCUT2D eigenvalue weighted by atomic mass is 32.2. The van der Waals surface area contributed by atoms with Crippen LogP contribution in [0.1, 0.15) is 10.4 Å². The molecule has 0 fully saturated rings. The lowest BCUT2D eigenvalue weighted by atomic mass is 10.1. The van der Waals surface area contributed by atoms with Gasteiger partial charge in [0.15, 0.2) is 12.4 Å². The van der Waals surface area contributed by atoms with Crippen LogP contribution < -0.4 is 9.46 Å². The first-order valence-electron chi connectivity index (χ1n) is 8.33. The summed E-state index contributed by atoms with van der Waals surface area (Å²) in [7, 11) is -2.72. The summed E-state index contributed by atoms with van der Waals surface area (Å²) < 4.78 is 36.4. The van der Waals surface area contributed by atoms with E-state index in [1.165, 1.54) is 31.4 Å². The zero-order chi connectivity index (χ0) is 22.3. The Balaban J connectivity index is 1.95. The minimum absolute atomic E-state index is 0.297. The van der Waals surface area contributed by atoms with E-state index >= 15 is 0 Å². The molecule has 0 aromatic heterocycles. The summed E-state index contributed by atoms with van der Waals surface area (Å²) in [6.07, 6.45) is 1.62. The molecule has 1 N–H and O–H groups in total. The number of esters is 1. The molecule has 0 heterocycles. The van der Waals surface area contributed by atoms with Gasteiger partial charge in [-0.3, -0.25) is 19.7 Å². The number of nitro groups is 1. The van der Waals surface area contributed by atoms with Crippen molar-refractivity contribution < 1.29 is 32.4 Å². The number of ether oxygens (including phenoxy) is 2. The van der Waals surface area contributed by atoms with Crippen molar-refractivity contribution in [2.24, 2.45) is 0 Å². The SMILES string of the molecule is COc1ccc(C(=O)COC(=O)CNS(=O)(=O)c2ccc(SC)c([N+](=O)[O-])c2)cc1. The first-order valence-corrected chi connectivity index (χ1v) is 11.0. The second kappa shape index (κ2) is 10.2. The van der Waals surface area contributed by atoms with Crippen LogP contribution in [0.3, 0.4) is 0 Å². The fraction of sp³-hybridized carbons (Fsp3) is 0.222. The number of benzene rings is 2. The molecule has 160 valence electrons. The van der Waals surface area contributed by atoms with Crippen molar-refractivity contribution in [1.29, 1.82) is 0 Å². The van der Waals surface area contributed by atoms with E-state index in [9.17, 15) is 28.1 Å². The summed E-state index contributed by atoms with van der Waals surface area (Å²) >= 11 is 1.10. The molecule has 2 rings (SSSR count). The van der Waals surface area contributed by atoms with Gasteiger partial charge in [0, 0.05) is 11.6 Å². The van der Waals surface area contributed by atoms with Crippen LogP contribution >= 0.6 is 11.8 Å². The predicted octanol–water partition coefficient (Wildman–Crippen LogP) is 2.03. The molecule has 0 bridgehead atoms. The third kappa shape index (κ3) is 6.02. The maximum atomic E-state index is 12.3. The number of nitro benzene ring substituents is 1. The first-order chi connectivity index (χ1) is 14.2. The van der Waals surface area contributed by atoms with Crippen molar-refractivity contribution in [1.82, 2.24) is 4.72 Å². The molecule has 0 radical (unpaired) electrons. The van der Waals surface area contributed by atoms with Crippen molar-refractivity contribution in [2.45, 2.75) is 9.79 Å². The Bertz CT molecular complexity index is 1050. The zero-order valence-corrected chi connectivity index (χ0v) is 17.6. The largest absolute Gasteiger partial charge is 0.497 e. The van der Waals surface area contributed by atoms with Crippen LogP contribution in [0.25, 0.3) is 0 Å². The minimum atomic E-state index is -4.20. The third-order valence-electron chi connectivity index (χ3n) is 3.84. The summed E-state index contributed by atoms with van der Waals surface area (Å²) in [4.78, 5) is 34.1. The molecule has 0 unspecified atom stereocenters. The van der Waals surface area contributed by atoms with Crippen molar-refractivity contribution in [2.75, 3.05) is 26.5 Å². The van der Waals surface area contributed by atoms with Crippen molar-refractivity contribution in [3.05, 3.63) is 58.1 Å². The normalized spacial score (nSPS) is 11.0. The number of carbonyl (C=O) groups excluding carboxylic acids is 2. The lowest BCUT2D eigenvalue weighted by molar-refractivity contribution is -0.387. The van der Waals surface area contributed by atoms with Gasteiger partial charge in [-0.2, -0.15) is 4.72 Å². The van der Waals surface area contributed by atoms with Crippen molar-refractivity contribution in [3.63, 3.8) is 0 Å². The lowest BCUT2D eigenvalue weighted by Crippen LogP contribution is -2.31. The smallest absolute Gasteiger partial charge is 0.321 e. The van der Waals surface area contributed by atoms with E-state index < -0.39 is 39.9 Å². The molecule has 12 heteroatoms. The number of nitrogens with one attached hydrogen (secondary N) is 1. The molecule has 0 saturated heterocycles. The van der Waals surface area contributed by atoms with E-state index in [1.54, 1.807) is 18.4 Å². The van der Waals surface area contributed by atoms with Crippen molar-refractivity contribution >= 4 is 39.2 Å². The average Bonchev–Trinajstić information content (AvgIpc) is 2.75. The Morgan fingerprint density at radius 3 is 2.40 bits per heavy atom. The number of carbonyl (C=O) groups is 2. The number of methoxy groups -OCH3 is 1. The summed E-state index contributed by atoms with van der Waals surface area (Å²) in [6.45, 7) is -1.31. The Labute approximate surface area is 176 Å². The molecule has 0 aliphatic rings. The van der Waals surface area contributed by atoms with Crippen LogP contribution in [-0.2, 0) is 19.6 Å². The van der Waals surface area contributed by atoms with E-state index in [0.29, 0.717) is 16.2 Å². The molecular formula is C18H18N2O8S2. The highest BCUT2D eigenvalue weighted by molar-refractivity contribution is 7.98. The molecule has 2 aromatic carbocycles. The Morgan fingerprint density at radius 2 is 1.83 bits per heavy atom. The monoisotopic (exact) mass is 454 g/mol. The zero-order valence-electron chi connectivity index (χ0n) is 16.0. The number of hydrogen-bond donors (Lipinski definition) is 1. The fourth-order valence-corrected chi connectivity index (χ4v) is 3.81. The van der Waals surface area contributed by atoms with Crippen LogP contribution in [0.2, 0.25) is 0 Å². The molecule has 0 atom stereocenters. The Morgan fingerprint density at radius 1 is 1.17 bits per heavy atom. The van der Waals surface area contributed by atoms with E-state index in [0.717, 1.165) is 17.8 Å². The Kier molecular flexibility index (Phi) is 7.92. The van der Waals surface area contributed by atoms with Crippen molar-refractivity contribution in [3.8, 4) is 5.75 Å². The number of rotatable bonds is 10. The van der Waals surface area contributed by atoms with Crippen LogP contribution in [0.15, 0.2) is 52.3 Å². The number of sulfonamides is 1. The molecule has 2 aromatic rings. The van der Waals surface area contributed by atoms with Gasteiger partial charge in [0.05, 0.1) is 21.8 Å². The summed E-state index contributed by atoms with van der Waals surface area (Å²) in [5.41, 5.74) is -0.0663. The first kappa shape index (κ1) is 23.3. The quantitative estimate of drug-likeness (QED) is 0.188. The van der Waals surface area contributed by atoms with Gasteiger partial charge in [-0.05, 0) is 42.7 Å². The van der Waals surface area contributed by atoms with Crippen LogP contribution in [0.4, 0.5) is 5.69 Å². The second-order valence-electron chi connectivity index (χ2n) is 5.73. The summed E-state index contributed by atoms with van der Waals surface area (Å²) in [6, 6.07) is 9.57. The molecule has 0 saturated carbocycles. The Hall–Kier alpha value is -2.96. The maximum Gasteiger partial charge on any atom is 0.321 e. The minimum Gasteiger partial charge on any atom is -0.497 e. The maximum absolute atomic E-state index is 12.3. The van der Waals surface area contributed by atoms with Gasteiger partial charge in [0.1, 0.15) is 12.3 Å². The average molecular weight is 454 g/mol. The van der Waals surface area contributed by atoms with Gasteiger partial charge in [-0.25, -0.2) is 8.42 Å². The standard InChI is InChI=1S/C18H18N2O8S2/c1-27-13-5-3-12(4-6-13)16(21)11-28-18(22)10-19-30(25,26)14-7-8-17(29-2)15(9-14)20(23)24/h3-9,19H,10-11H2,1-2H3. The van der Waals surface area contributed by atoms with Gasteiger partial charge in [-0.1, -0.05) is 0 Å². The molecule has 0 aliphatic heterocycles. The second-order valence-corrected chi connectivity index (χ2v) is 8.34. The van der Waals surface area contributed by atoms with Gasteiger partial charge >= 0.3 is 5.97 Å². The number of Topliss-reactive ketones (excluding diaryl/α,β-unsaturated/α-hetero) is 1. The van der Waals surface area contributed by atoms with E-state index in [2.05, 4.69) is 0 Å². The molecule has 0 amide bonds. The summed E-state index contributed by atoms with van der Waals surface area (Å²) in [5.74, 6) is -0.892. The number of nitrogens with zero attached hydrogens (tertiary/aromatic N) is 1. The molecular weight excluding hydrogens is 436 g/mol. The van der Waals surface area contributed by atoms with Gasteiger partial charge in [0.25, 0.3) is 5.69 Å². The van der Waals surface area contributed by atoms with E-state index in [-0.39, 0.29) is 10.6 Å². The van der Waals surface area contributed by atoms with Crippen LogP contribution in [0.5, 0.6) is 5.75 Å². The van der Waals surface area contributed by atoms with Gasteiger partial charge in [-0.15, -0.1) is 11.8 Å². The number of hydrogen-bond acceptors (Lipinski definition) is 9. The molecule has 10 nitrogen and oxygen atoms in total. The molecule has 0 aliphatic carbocycles. The van der Waals surface area contributed by atoms with Crippen LogP contribution in [0, 0.1) is 10.1 Å². The fourth-order valence-electron chi connectivity index (χ4n) is 2.27. The van der Waals surface area contributed by atoms with E-state index in [4.69, 9.17) is 9.47 Å². The number of ketones is 1. The third-order valence-corrected chi connectivity index (χ3v) is 6.02.